The maximum atomic E-state index is 15.1. The Morgan fingerprint density at radius 1 is 1.25 bits per heavy atom. The van der Waals surface area contributed by atoms with Crippen molar-refractivity contribution in [2.45, 2.75) is 0 Å². The van der Waals surface area contributed by atoms with Gasteiger partial charge in [0.2, 0.25) is 0 Å². The zero-order chi connectivity index (χ0) is 19.7. The Hall–Kier alpha value is -3.05. The van der Waals surface area contributed by atoms with Gasteiger partial charge in [-0.2, -0.15) is 0 Å². The van der Waals surface area contributed by atoms with Crippen LogP contribution in [0.1, 0.15) is 0 Å². The third-order valence-corrected chi connectivity index (χ3v) is 4.35. The molecule has 4 rings (SSSR count). The van der Waals surface area contributed by atoms with Crippen LogP contribution in [0.3, 0.4) is 0 Å². The molecule has 0 bridgehead atoms. The summed E-state index contributed by atoms with van der Waals surface area (Å²) in [7, 11) is 0. The average molecular weight is 451 g/mol. The van der Waals surface area contributed by atoms with Crippen LogP contribution in [0.5, 0.6) is 0 Å². The molecule has 4 aromatic rings. The number of halogens is 3. The Bertz CT molecular complexity index is 1150. The van der Waals surface area contributed by atoms with Gasteiger partial charge in [0.25, 0.3) is 5.89 Å². The van der Waals surface area contributed by atoms with Crippen molar-refractivity contribution in [3.63, 3.8) is 0 Å². The second-order valence-corrected chi connectivity index (χ2v) is 6.62. The quantitative estimate of drug-likeness (QED) is 0.412. The molecule has 28 heavy (non-hydrogen) atoms. The van der Waals surface area contributed by atoms with Gasteiger partial charge in [0.05, 0.1) is 23.5 Å². The van der Waals surface area contributed by atoms with Gasteiger partial charge < -0.3 is 24.6 Å². The number of imidazole rings is 1. The summed E-state index contributed by atoms with van der Waals surface area (Å²) in [6.07, 6.45) is 4.55. The van der Waals surface area contributed by atoms with Gasteiger partial charge in [-0.25, -0.2) is 13.8 Å². The van der Waals surface area contributed by atoms with E-state index in [1.165, 1.54) is 22.7 Å². The minimum atomic E-state index is -0.701. The molecule has 11 heteroatoms. The van der Waals surface area contributed by atoms with Crippen LogP contribution in [0.15, 0.2) is 45.7 Å². The van der Waals surface area contributed by atoms with E-state index in [0.29, 0.717) is 4.47 Å². The number of benzene rings is 1. The lowest BCUT2D eigenvalue weighted by Gasteiger charge is -2.13. The van der Waals surface area contributed by atoms with E-state index in [4.69, 9.17) is 9.52 Å². The summed E-state index contributed by atoms with van der Waals surface area (Å²) in [5, 5.41) is 22.1. The molecule has 0 radical (unpaired) electrons. The molecule has 0 aliphatic rings. The van der Waals surface area contributed by atoms with Crippen molar-refractivity contribution in [2.75, 3.05) is 23.8 Å². The Morgan fingerprint density at radius 3 is 2.89 bits per heavy atom. The van der Waals surface area contributed by atoms with E-state index in [2.05, 4.69) is 41.7 Å². The first kappa shape index (κ1) is 18.3. The van der Waals surface area contributed by atoms with Crippen molar-refractivity contribution in [2.24, 2.45) is 0 Å². The lowest BCUT2D eigenvalue weighted by molar-refractivity contribution is 0.309. The molecule has 0 fully saturated rings. The highest BCUT2D eigenvalue weighted by atomic mass is 79.9. The summed E-state index contributed by atoms with van der Waals surface area (Å²) in [5.41, 5.74) is 0.284. The van der Waals surface area contributed by atoms with Gasteiger partial charge >= 0.3 is 6.01 Å². The number of anilines is 3. The van der Waals surface area contributed by atoms with Gasteiger partial charge in [-0.05, 0) is 18.2 Å². The Balaban J connectivity index is 1.82. The van der Waals surface area contributed by atoms with Crippen LogP contribution >= 0.6 is 15.9 Å². The molecule has 0 aliphatic carbocycles. The van der Waals surface area contributed by atoms with E-state index >= 15 is 4.39 Å². The predicted octanol–water partition coefficient (Wildman–Crippen LogP) is 3.57. The smallest absolute Gasteiger partial charge is 0.315 e. The fourth-order valence-corrected chi connectivity index (χ4v) is 2.93. The molecule has 3 aromatic heterocycles. The summed E-state index contributed by atoms with van der Waals surface area (Å²) < 4.78 is 36.9. The molecular formula is C17H13BrF2N6O2. The van der Waals surface area contributed by atoms with E-state index in [1.54, 1.807) is 18.5 Å². The highest BCUT2D eigenvalue weighted by molar-refractivity contribution is 9.10. The summed E-state index contributed by atoms with van der Waals surface area (Å²) in [5.74, 6) is -1.26. The molecule has 8 nitrogen and oxygen atoms in total. The molecule has 3 N–H and O–H groups in total. The lowest BCUT2D eigenvalue weighted by Crippen LogP contribution is -2.05. The van der Waals surface area contributed by atoms with Crippen LogP contribution in [0.25, 0.3) is 17.1 Å². The van der Waals surface area contributed by atoms with Crippen LogP contribution in [0.2, 0.25) is 0 Å². The molecule has 144 valence electrons. The van der Waals surface area contributed by atoms with Crippen LogP contribution in [0, 0.1) is 11.6 Å². The number of nitrogens with zero attached hydrogens (tertiary/aromatic N) is 4. The number of pyridine rings is 1. The highest BCUT2D eigenvalue weighted by Crippen LogP contribution is 2.35. The van der Waals surface area contributed by atoms with E-state index in [0.717, 1.165) is 0 Å². The first-order valence-electron chi connectivity index (χ1n) is 8.12. The number of nitrogens with one attached hydrogen (secondary N) is 2. The highest BCUT2D eigenvalue weighted by Gasteiger charge is 2.21. The van der Waals surface area contributed by atoms with Crippen molar-refractivity contribution in [3.8, 4) is 11.5 Å². The number of aliphatic hydroxyl groups excluding tert-OH is 1. The van der Waals surface area contributed by atoms with Crippen LogP contribution in [0.4, 0.5) is 26.2 Å². The molecule has 1 aromatic carbocycles. The summed E-state index contributed by atoms with van der Waals surface area (Å²) in [6.45, 7) is 0.0920. The Kier molecular flexibility index (Phi) is 4.92. The second kappa shape index (κ2) is 7.52. The van der Waals surface area contributed by atoms with Gasteiger partial charge in [-0.3, -0.25) is 0 Å². The van der Waals surface area contributed by atoms with Crippen molar-refractivity contribution in [1.29, 1.82) is 0 Å². The number of fused-ring (bicyclic) bond motifs is 1. The first-order chi connectivity index (χ1) is 13.6. The molecule has 0 atom stereocenters. The Morgan fingerprint density at radius 2 is 2.11 bits per heavy atom. The number of hydrogen-bond acceptors (Lipinski definition) is 7. The number of hydrogen-bond donors (Lipinski definition) is 3. The second-order valence-electron chi connectivity index (χ2n) is 5.70. The minimum absolute atomic E-state index is 0.00922. The fourth-order valence-electron chi connectivity index (χ4n) is 2.60. The average Bonchev–Trinajstić information content (AvgIpc) is 3.33. The molecule has 0 unspecified atom stereocenters. The lowest BCUT2D eigenvalue weighted by atomic mass is 10.2. The molecule has 0 aliphatic heterocycles. The third kappa shape index (κ3) is 3.41. The van der Waals surface area contributed by atoms with Crippen molar-refractivity contribution in [1.82, 2.24) is 19.6 Å². The van der Waals surface area contributed by atoms with Crippen LogP contribution in [-0.4, -0.2) is 37.8 Å². The summed E-state index contributed by atoms with van der Waals surface area (Å²) in [6, 6.07) is 4.43. The van der Waals surface area contributed by atoms with E-state index < -0.39 is 11.6 Å². The number of rotatable bonds is 6. The van der Waals surface area contributed by atoms with Gasteiger partial charge in [0.15, 0.2) is 11.5 Å². The topological polar surface area (TPSA) is 101 Å². The van der Waals surface area contributed by atoms with Crippen molar-refractivity contribution in [3.05, 3.63) is 52.9 Å². The van der Waals surface area contributed by atoms with Gasteiger partial charge in [-0.15, -0.1) is 5.10 Å². The molecule has 0 amide bonds. The number of aromatic nitrogens is 4. The first-order valence-corrected chi connectivity index (χ1v) is 8.92. The third-order valence-electron chi connectivity index (χ3n) is 3.86. The molecule has 3 heterocycles. The van der Waals surface area contributed by atoms with E-state index in [1.807, 2.05) is 0 Å². The maximum absolute atomic E-state index is 15.1. The van der Waals surface area contributed by atoms with Crippen molar-refractivity contribution >= 4 is 39.0 Å². The maximum Gasteiger partial charge on any atom is 0.315 e. The van der Waals surface area contributed by atoms with Crippen LogP contribution < -0.4 is 10.6 Å². The standard InChI is InChI=1S/C17H13BrF2N6O2/c18-9-1-2-12(11(19)7-9)23-14-10(8-26-5-3-21-15(26)13(14)20)16-24-25-17(28-16)22-4-6-27/h1-3,5,7-8,23,27H,4,6H2,(H,22,25). The molecule has 0 spiro atoms. The van der Waals surface area contributed by atoms with E-state index in [9.17, 15) is 4.39 Å². The van der Waals surface area contributed by atoms with E-state index in [-0.39, 0.29) is 47.6 Å². The largest absolute Gasteiger partial charge is 0.403 e. The zero-order valence-electron chi connectivity index (χ0n) is 14.2. The van der Waals surface area contributed by atoms with Crippen molar-refractivity contribution < 1.29 is 18.3 Å². The fraction of sp³-hybridized carbons (Fsp3) is 0.118. The monoisotopic (exact) mass is 450 g/mol. The van der Waals surface area contributed by atoms with Gasteiger partial charge in [-0.1, -0.05) is 21.0 Å². The SMILES string of the molecule is OCCNc1nnc(-c2cn3ccnc3c(F)c2Nc2ccc(Br)cc2F)o1. The zero-order valence-corrected chi connectivity index (χ0v) is 15.7. The minimum Gasteiger partial charge on any atom is -0.403 e. The molecule has 0 saturated carbocycles. The summed E-state index contributed by atoms with van der Waals surface area (Å²) in [4.78, 5) is 3.98. The normalized spacial score (nSPS) is 11.1. The molecule has 0 saturated heterocycles. The number of aliphatic hydroxyl groups is 1. The van der Waals surface area contributed by atoms with Crippen LogP contribution in [-0.2, 0) is 0 Å². The predicted molar refractivity (Wildman–Crippen MR) is 101 cm³/mol. The Labute approximate surface area is 165 Å². The van der Waals surface area contributed by atoms with Gasteiger partial charge in [0, 0.05) is 29.6 Å². The molecular weight excluding hydrogens is 438 g/mol. The summed E-state index contributed by atoms with van der Waals surface area (Å²) >= 11 is 3.18. The van der Waals surface area contributed by atoms with Gasteiger partial charge in [0.1, 0.15) is 5.82 Å².